The molecular formula is C24H33Cl2F3N4O2S. The molecular weight excluding hydrogens is 536 g/mol. The molecule has 0 unspecified atom stereocenters. The summed E-state index contributed by atoms with van der Waals surface area (Å²) in [5.74, 6) is 0.570. The Morgan fingerprint density at radius 3 is 2.28 bits per heavy atom. The first-order chi connectivity index (χ1) is 16.2. The van der Waals surface area contributed by atoms with Crippen molar-refractivity contribution in [2.75, 3.05) is 37.6 Å². The van der Waals surface area contributed by atoms with Crippen LogP contribution in [-0.4, -0.2) is 57.1 Å². The molecule has 0 atom stereocenters. The summed E-state index contributed by atoms with van der Waals surface area (Å²) in [6.07, 6.45) is 3.28. The van der Waals surface area contributed by atoms with E-state index >= 15 is 0 Å². The molecule has 2 fully saturated rings. The molecule has 4 rings (SSSR count). The predicted octanol–water partition coefficient (Wildman–Crippen LogP) is 4.99. The van der Waals surface area contributed by atoms with Crippen LogP contribution in [-0.2, 0) is 16.2 Å². The van der Waals surface area contributed by atoms with Crippen molar-refractivity contribution in [3.8, 4) is 0 Å². The number of piperazine rings is 1. The molecule has 0 amide bonds. The topological polar surface area (TPSA) is 65.5 Å². The molecule has 0 bridgehead atoms. The molecule has 12 heteroatoms. The molecule has 202 valence electrons. The molecule has 36 heavy (non-hydrogen) atoms. The molecule has 2 aliphatic rings. The van der Waals surface area contributed by atoms with Crippen LogP contribution >= 0.6 is 24.8 Å². The second kappa shape index (κ2) is 13.3. The second-order valence-corrected chi connectivity index (χ2v) is 10.9. The minimum atomic E-state index is -4.32. The summed E-state index contributed by atoms with van der Waals surface area (Å²) in [6, 6.07) is 8.68. The van der Waals surface area contributed by atoms with E-state index in [4.69, 9.17) is 0 Å². The Hall–Kier alpha value is -1.59. The average molecular weight is 570 g/mol. The molecule has 6 nitrogen and oxygen atoms in total. The lowest BCUT2D eigenvalue weighted by Gasteiger charge is -2.37. The Bertz CT molecular complexity index is 1040. The summed E-state index contributed by atoms with van der Waals surface area (Å²) in [4.78, 5) is 8.48. The first-order valence-corrected chi connectivity index (χ1v) is 13.3. The number of sulfonamides is 1. The highest BCUT2D eigenvalue weighted by molar-refractivity contribution is 7.89. The zero-order valence-corrected chi connectivity index (χ0v) is 22.3. The van der Waals surface area contributed by atoms with E-state index in [-0.39, 0.29) is 35.8 Å². The molecule has 2 heterocycles. The Balaban J connectivity index is 0.00000228. The van der Waals surface area contributed by atoms with E-state index in [0.717, 1.165) is 57.8 Å². The molecule has 0 radical (unpaired) electrons. The zero-order valence-electron chi connectivity index (χ0n) is 19.9. The predicted molar refractivity (Wildman–Crippen MR) is 140 cm³/mol. The van der Waals surface area contributed by atoms with Crippen molar-refractivity contribution in [3.63, 3.8) is 0 Å². The van der Waals surface area contributed by atoms with E-state index in [1.165, 1.54) is 18.3 Å². The van der Waals surface area contributed by atoms with Gasteiger partial charge in [-0.3, -0.25) is 9.88 Å². The fourth-order valence-electron chi connectivity index (χ4n) is 4.84. The number of rotatable bonds is 7. The van der Waals surface area contributed by atoms with E-state index in [1.54, 1.807) is 24.4 Å². The highest BCUT2D eigenvalue weighted by atomic mass is 35.5. The SMILES string of the molecule is Cl.Cl.O=S(=O)(N[C@H]1CC[C@H](CCN2CCN(c3cccc(C(F)(F)F)c3)CC2)CC1)c1cccnc1. The lowest BCUT2D eigenvalue weighted by Crippen LogP contribution is -2.47. The van der Waals surface area contributed by atoms with Crippen molar-refractivity contribution >= 4 is 40.5 Å². The highest BCUT2D eigenvalue weighted by Gasteiger charge is 2.31. The van der Waals surface area contributed by atoms with Crippen LogP contribution in [0.4, 0.5) is 18.9 Å². The summed E-state index contributed by atoms with van der Waals surface area (Å²) in [5.41, 5.74) is 0.0206. The standard InChI is InChI=1S/C24H31F3N4O2S.2ClH/c25-24(26,27)20-3-1-4-22(17-20)31-15-13-30(14-16-31)12-10-19-6-8-21(9-7-19)29-34(32,33)23-5-2-11-28-18-23;;/h1-5,11,17-19,21,29H,6-10,12-16H2;2*1H/t19-,21-;;. The third-order valence-electron chi connectivity index (χ3n) is 6.88. The molecule has 1 aliphatic carbocycles. The summed E-state index contributed by atoms with van der Waals surface area (Å²) in [6.45, 7) is 4.05. The van der Waals surface area contributed by atoms with Gasteiger partial charge in [-0.15, -0.1) is 24.8 Å². The lowest BCUT2D eigenvalue weighted by atomic mass is 9.84. The van der Waals surface area contributed by atoms with Crippen LogP contribution in [0.2, 0.25) is 0 Å². The van der Waals surface area contributed by atoms with Crippen LogP contribution in [0.25, 0.3) is 0 Å². The van der Waals surface area contributed by atoms with Crippen LogP contribution in [0.1, 0.15) is 37.7 Å². The fraction of sp³-hybridized carbons (Fsp3) is 0.542. The summed E-state index contributed by atoms with van der Waals surface area (Å²) < 4.78 is 66.8. The number of pyridine rings is 1. The van der Waals surface area contributed by atoms with E-state index in [9.17, 15) is 21.6 Å². The normalized spacial score (nSPS) is 21.4. The number of aromatic nitrogens is 1. The van der Waals surface area contributed by atoms with Gasteiger partial charge in [0.25, 0.3) is 0 Å². The lowest BCUT2D eigenvalue weighted by molar-refractivity contribution is -0.137. The molecule has 1 aromatic heterocycles. The molecule has 1 N–H and O–H groups in total. The van der Waals surface area contributed by atoms with Gasteiger partial charge in [0, 0.05) is 50.3 Å². The second-order valence-electron chi connectivity index (χ2n) is 9.19. The van der Waals surface area contributed by atoms with Crippen molar-refractivity contribution in [2.24, 2.45) is 5.92 Å². The van der Waals surface area contributed by atoms with E-state index in [1.807, 2.05) is 4.90 Å². The van der Waals surface area contributed by atoms with Crippen LogP contribution < -0.4 is 9.62 Å². The minimum absolute atomic E-state index is 0. The molecule has 1 aliphatic heterocycles. The van der Waals surface area contributed by atoms with Crippen molar-refractivity contribution in [2.45, 2.75) is 49.2 Å². The van der Waals surface area contributed by atoms with Crippen LogP contribution in [0.3, 0.4) is 0 Å². The average Bonchev–Trinajstić information content (AvgIpc) is 2.84. The van der Waals surface area contributed by atoms with Gasteiger partial charge >= 0.3 is 6.18 Å². The maximum Gasteiger partial charge on any atom is 0.416 e. The minimum Gasteiger partial charge on any atom is -0.369 e. The van der Waals surface area contributed by atoms with E-state index in [2.05, 4.69) is 14.6 Å². The Labute approximate surface area is 223 Å². The van der Waals surface area contributed by atoms with Crippen molar-refractivity contribution in [1.82, 2.24) is 14.6 Å². The van der Waals surface area contributed by atoms with Crippen molar-refractivity contribution in [1.29, 1.82) is 0 Å². The number of nitrogens with one attached hydrogen (secondary N) is 1. The molecule has 2 aromatic rings. The first-order valence-electron chi connectivity index (χ1n) is 11.8. The van der Waals surface area contributed by atoms with E-state index < -0.39 is 21.8 Å². The number of benzene rings is 1. The molecule has 0 spiro atoms. The third kappa shape index (κ3) is 8.21. The van der Waals surface area contributed by atoms with Gasteiger partial charge < -0.3 is 4.90 Å². The smallest absolute Gasteiger partial charge is 0.369 e. The maximum atomic E-state index is 13.0. The number of halogens is 5. The van der Waals surface area contributed by atoms with Crippen molar-refractivity contribution in [3.05, 3.63) is 54.4 Å². The number of nitrogens with zero attached hydrogens (tertiary/aromatic N) is 3. The van der Waals surface area contributed by atoms with Gasteiger partial charge in [-0.2, -0.15) is 13.2 Å². The monoisotopic (exact) mass is 568 g/mol. The highest BCUT2D eigenvalue weighted by Crippen LogP contribution is 2.32. The van der Waals surface area contributed by atoms with Gasteiger partial charge in [0.15, 0.2) is 0 Å². The van der Waals surface area contributed by atoms with Crippen LogP contribution in [0.15, 0.2) is 53.7 Å². The molecule has 1 saturated carbocycles. The summed E-state index contributed by atoms with van der Waals surface area (Å²) in [5, 5.41) is 0. The number of anilines is 1. The number of hydrogen-bond acceptors (Lipinski definition) is 5. The summed E-state index contributed by atoms with van der Waals surface area (Å²) >= 11 is 0. The van der Waals surface area contributed by atoms with Gasteiger partial charge in [0.05, 0.1) is 5.56 Å². The number of hydrogen-bond donors (Lipinski definition) is 1. The molecule has 1 aromatic carbocycles. The van der Waals surface area contributed by atoms with E-state index in [0.29, 0.717) is 24.7 Å². The summed E-state index contributed by atoms with van der Waals surface area (Å²) in [7, 11) is -3.53. The third-order valence-corrected chi connectivity index (χ3v) is 8.38. The quantitative estimate of drug-likeness (QED) is 0.509. The first kappa shape index (κ1) is 30.6. The Morgan fingerprint density at radius 2 is 1.67 bits per heavy atom. The zero-order chi connectivity index (χ0) is 24.2. The maximum absolute atomic E-state index is 13.0. The van der Waals surface area contributed by atoms with Gasteiger partial charge in [-0.25, -0.2) is 13.1 Å². The largest absolute Gasteiger partial charge is 0.416 e. The number of alkyl halides is 3. The fourth-order valence-corrected chi connectivity index (χ4v) is 6.10. The van der Waals surface area contributed by atoms with Crippen LogP contribution in [0, 0.1) is 5.92 Å². The van der Waals surface area contributed by atoms with Gasteiger partial charge in [-0.1, -0.05) is 6.07 Å². The Morgan fingerprint density at radius 1 is 0.972 bits per heavy atom. The Kier molecular flexibility index (Phi) is 11.3. The van der Waals surface area contributed by atoms with Crippen LogP contribution in [0.5, 0.6) is 0 Å². The molecule has 1 saturated heterocycles. The van der Waals surface area contributed by atoms with Gasteiger partial charge in [0.1, 0.15) is 4.90 Å². The van der Waals surface area contributed by atoms with Gasteiger partial charge in [0.2, 0.25) is 10.0 Å². The van der Waals surface area contributed by atoms with Crippen molar-refractivity contribution < 1.29 is 21.6 Å². The van der Waals surface area contributed by atoms with Gasteiger partial charge in [-0.05, 0) is 74.9 Å².